The van der Waals surface area contributed by atoms with Crippen molar-refractivity contribution in [2.24, 2.45) is 0 Å². The van der Waals surface area contributed by atoms with Crippen LogP contribution in [-0.2, 0) is 26.2 Å². The molecule has 0 N–H and O–H groups in total. The SMILES string of the molecule is COCCN(Cc1noc(C(C)(C)C)n1)[C@@H](C(=O)OC)c1ccc(Br)cc1. The smallest absolute Gasteiger partial charge is 0.327 e. The molecule has 0 saturated heterocycles. The van der Waals surface area contributed by atoms with Crippen LogP contribution in [0, 0.1) is 0 Å². The molecule has 2 rings (SSSR count). The van der Waals surface area contributed by atoms with E-state index in [1.54, 1.807) is 7.11 Å². The van der Waals surface area contributed by atoms with Crippen LogP contribution in [0.15, 0.2) is 33.3 Å². The lowest BCUT2D eigenvalue weighted by atomic mass is 9.97. The maximum absolute atomic E-state index is 12.6. The highest BCUT2D eigenvalue weighted by molar-refractivity contribution is 9.10. The summed E-state index contributed by atoms with van der Waals surface area (Å²) in [5.41, 5.74) is 0.580. The lowest BCUT2D eigenvalue weighted by Gasteiger charge is -2.28. The van der Waals surface area contributed by atoms with Crippen molar-refractivity contribution in [2.45, 2.75) is 38.8 Å². The average molecular weight is 440 g/mol. The molecule has 8 heteroatoms. The van der Waals surface area contributed by atoms with Crippen LogP contribution in [0.2, 0.25) is 0 Å². The topological polar surface area (TPSA) is 77.7 Å². The summed E-state index contributed by atoms with van der Waals surface area (Å²) >= 11 is 3.42. The van der Waals surface area contributed by atoms with Gasteiger partial charge in [-0.2, -0.15) is 4.98 Å². The normalized spacial score (nSPS) is 13.0. The Balaban J connectivity index is 2.33. The van der Waals surface area contributed by atoms with Gasteiger partial charge in [0.15, 0.2) is 5.82 Å². The Morgan fingerprint density at radius 2 is 1.93 bits per heavy atom. The number of rotatable bonds is 8. The van der Waals surface area contributed by atoms with E-state index in [9.17, 15) is 4.79 Å². The molecule has 1 atom stereocenters. The molecule has 0 spiro atoms. The van der Waals surface area contributed by atoms with E-state index in [0.29, 0.717) is 31.4 Å². The summed E-state index contributed by atoms with van der Waals surface area (Å²) in [4.78, 5) is 19.0. The fourth-order valence-electron chi connectivity index (χ4n) is 2.57. The molecule has 0 aliphatic carbocycles. The first-order valence-corrected chi connectivity index (χ1v) is 9.45. The maximum atomic E-state index is 12.6. The molecule has 0 aliphatic heterocycles. The van der Waals surface area contributed by atoms with Gasteiger partial charge in [0.1, 0.15) is 6.04 Å². The number of benzene rings is 1. The van der Waals surface area contributed by atoms with Gasteiger partial charge >= 0.3 is 5.97 Å². The van der Waals surface area contributed by atoms with Crippen molar-refractivity contribution in [3.63, 3.8) is 0 Å². The van der Waals surface area contributed by atoms with Gasteiger partial charge in [-0.15, -0.1) is 0 Å². The number of methoxy groups -OCH3 is 2. The van der Waals surface area contributed by atoms with Crippen molar-refractivity contribution in [3.05, 3.63) is 46.0 Å². The summed E-state index contributed by atoms with van der Waals surface area (Å²) in [5, 5.41) is 4.08. The first-order chi connectivity index (χ1) is 12.8. The van der Waals surface area contributed by atoms with Crippen LogP contribution >= 0.6 is 15.9 Å². The summed E-state index contributed by atoms with van der Waals surface area (Å²) in [6.07, 6.45) is 0. The van der Waals surface area contributed by atoms with Gasteiger partial charge in [-0.25, -0.2) is 4.79 Å². The number of esters is 1. The molecule has 1 aromatic heterocycles. The number of aromatic nitrogens is 2. The third-order valence-electron chi connectivity index (χ3n) is 4.01. The van der Waals surface area contributed by atoms with Gasteiger partial charge in [0.25, 0.3) is 0 Å². The molecule has 0 saturated carbocycles. The Kier molecular flexibility index (Phi) is 7.52. The second kappa shape index (κ2) is 9.43. The fourth-order valence-corrected chi connectivity index (χ4v) is 2.83. The maximum Gasteiger partial charge on any atom is 0.327 e. The average Bonchev–Trinajstić information content (AvgIpc) is 3.10. The van der Waals surface area contributed by atoms with Gasteiger partial charge in [0.05, 0.1) is 20.3 Å². The zero-order valence-electron chi connectivity index (χ0n) is 16.4. The third-order valence-corrected chi connectivity index (χ3v) is 4.54. The molecule has 7 nitrogen and oxygen atoms in total. The molecule has 27 heavy (non-hydrogen) atoms. The van der Waals surface area contributed by atoms with Crippen molar-refractivity contribution in [2.75, 3.05) is 27.4 Å². The lowest BCUT2D eigenvalue weighted by Crippen LogP contribution is -2.37. The van der Waals surface area contributed by atoms with Gasteiger partial charge in [-0.1, -0.05) is 54.0 Å². The van der Waals surface area contributed by atoms with Crippen molar-refractivity contribution >= 4 is 21.9 Å². The lowest BCUT2D eigenvalue weighted by molar-refractivity contribution is -0.148. The molecule has 0 bridgehead atoms. The quantitative estimate of drug-likeness (QED) is 0.582. The van der Waals surface area contributed by atoms with E-state index in [4.69, 9.17) is 14.0 Å². The van der Waals surface area contributed by atoms with E-state index < -0.39 is 6.04 Å². The van der Waals surface area contributed by atoms with Gasteiger partial charge < -0.3 is 14.0 Å². The number of hydrogen-bond donors (Lipinski definition) is 0. The molecule has 148 valence electrons. The molecule has 0 radical (unpaired) electrons. The standard InChI is InChI=1S/C19H26BrN3O4/c1-19(2,3)18-21-15(22-27-18)12-23(10-11-25-4)16(17(24)26-5)13-6-8-14(20)9-7-13/h6-9,16H,10-12H2,1-5H3/t16-/m1/s1. The minimum absolute atomic E-state index is 0.240. The van der Waals surface area contributed by atoms with Gasteiger partial charge in [0, 0.05) is 23.5 Å². The van der Waals surface area contributed by atoms with Crippen LogP contribution < -0.4 is 0 Å². The number of carbonyl (C=O) groups is 1. The fraction of sp³-hybridized carbons (Fsp3) is 0.526. The first-order valence-electron chi connectivity index (χ1n) is 8.65. The zero-order valence-corrected chi connectivity index (χ0v) is 17.9. The first kappa shape index (κ1) is 21.5. The van der Waals surface area contributed by atoms with Crippen molar-refractivity contribution in [1.29, 1.82) is 0 Å². The predicted octanol–water partition coefficient (Wildman–Crippen LogP) is 3.49. The molecule has 0 unspecified atom stereocenters. The molecule has 0 amide bonds. The summed E-state index contributed by atoms with van der Waals surface area (Å²) in [7, 11) is 3.01. The van der Waals surface area contributed by atoms with E-state index in [1.165, 1.54) is 7.11 Å². The highest BCUT2D eigenvalue weighted by Crippen LogP contribution is 2.26. The van der Waals surface area contributed by atoms with E-state index in [0.717, 1.165) is 10.0 Å². The molecule has 1 aromatic carbocycles. The summed E-state index contributed by atoms with van der Waals surface area (Å²) < 4.78 is 16.6. The highest BCUT2D eigenvalue weighted by atomic mass is 79.9. The van der Waals surface area contributed by atoms with Crippen LogP contribution in [-0.4, -0.2) is 48.4 Å². The predicted molar refractivity (Wildman–Crippen MR) is 104 cm³/mol. The Morgan fingerprint density at radius 3 is 2.44 bits per heavy atom. The van der Waals surface area contributed by atoms with Gasteiger partial charge in [-0.3, -0.25) is 4.90 Å². The Labute approximate surface area is 168 Å². The molecular formula is C19H26BrN3O4. The van der Waals surface area contributed by atoms with Crippen LogP contribution in [0.3, 0.4) is 0 Å². The third kappa shape index (κ3) is 5.85. The van der Waals surface area contributed by atoms with Crippen LogP contribution in [0.1, 0.15) is 44.1 Å². The second-order valence-electron chi connectivity index (χ2n) is 7.21. The van der Waals surface area contributed by atoms with Crippen molar-refractivity contribution in [1.82, 2.24) is 15.0 Å². The van der Waals surface area contributed by atoms with E-state index >= 15 is 0 Å². The zero-order chi connectivity index (χ0) is 20.0. The summed E-state index contributed by atoms with van der Waals surface area (Å²) in [5.74, 6) is 0.720. The van der Waals surface area contributed by atoms with Crippen LogP contribution in [0.5, 0.6) is 0 Å². The van der Waals surface area contributed by atoms with Crippen molar-refractivity contribution < 1.29 is 18.8 Å². The molecule has 0 aliphatic rings. The molecular weight excluding hydrogens is 414 g/mol. The van der Waals surface area contributed by atoms with E-state index in [1.807, 2.05) is 49.9 Å². The monoisotopic (exact) mass is 439 g/mol. The highest BCUT2D eigenvalue weighted by Gasteiger charge is 2.30. The molecule has 0 fully saturated rings. The minimum Gasteiger partial charge on any atom is -0.468 e. The molecule has 2 aromatic rings. The summed E-state index contributed by atoms with van der Waals surface area (Å²) in [6, 6.07) is 6.97. The number of ether oxygens (including phenoxy) is 2. The Bertz CT molecular complexity index is 740. The Morgan fingerprint density at radius 1 is 1.26 bits per heavy atom. The minimum atomic E-state index is -0.602. The number of halogens is 1. The number of carbonyl (C=O) groups excluding carboxylic acids is 1. The van der Waals surface area contributed by atoms with E-state index in [-0.39, 0.29) is 11.4 Å². The largest absolute Gasteiger partial charge is 0.468 e. The van der Waals surface area contributed by atoms with Crippen LogP contribution in [0.25, 0.3) is 0 Å². The number of hydrogen-bond acceptors (Lipinski definition) is 7. The summed E-state index contributed by atoms with van der Waals surface area (Å²) in [6.45, 7) is 7.31. The second-order valence-corrected chi connectivity index (χ2v) is 8.12. The Hall–Kier alpha value is -1.77. The molecule has 1 heterocycles. The van der Waals surface area contributed by atoms with Crippen LogP contribution in [0.4, 0.5) is 0 Å². The van der Waals surface area contributed by atoms with Gasteiger partial charge in [0.2, 0.25) is 5.89 Å². The van der Waals surface area contributed by atoms with Crippen molar-refractivity contribution in [3.8, 4) is 0 Å². The number of nitrogens with zero attached hydrogens (tertiary/aromatic N) is 3. The van der Waals surface area contributed by atoms with E-state index in [2.05, 4.69) is 26.1 Å². The van der Waals surface area contributed by atoms with Gasteiger partial charge in [-0.05, 0) is 17.7 Å².